The van der Waals surface area contributed by atoms with Gasteiger partial charge in [0.1, 0.15) is 6.04 Å². The van der Waals surface area contributed by atoms with Crippen LogP contribution in [0.15, 0.2) is 42.5 Å². The molecule has 0 saturated carbocycles. The molecule has 0 fully saturated rings. The predicted octanol–water partition coefficient (Wildman–Crippen LogP) is 3.21. The molecule has 0 aromatic heterocycles. The Hall–Kier alpha value is -3.27. The van der Waals surface area contributed by atoms with Gasteiger partial charge in [-0.25, -0.2) is 8.42 Å². The fourth-order valence-corrected chi connectivity index (χ4v) is 4.88. The second-order valence-electron chi connectivity index (χ2n) is 9.32. The molecule has 9 nitrogen and oxygen atoms in total. The number of nitrogens with zero attached hydrogens (tertiary/aromatic N) is 2. The van der Waals surface area contributed by atoms with E-state index in [2.05, 4.69) is 5.32 Å². The van der Waals surface area contributed by atoms with Crippen LogP contribution in [0.1, 0.15) is 44.7 Å². The quantitative estimate of drug-likeness (QED) is 0.491. The molecule has 1 N–H and O–H groups in total. The molecule has 10 heteroatoms. The molecule has 2 aromatic rings. The van der Waals surface area contributed by atoms with Crippen LogP contribution in [0.4, 0.5) is 5.69 Å². The summed E-state index contributed by atoms with van der Waals surface area (Å²) in [4.78, 5) is 27.6. The first-order valence-corrected chi connectivity index (χ1v) is 13.8. The summed E-state index contributed by atoms with van der Waals surface area (Å²) >= 11 is 0. The van der Waals surface area contributed by atoms with E-state index >= 15 is 0 Å². The van der Waals surface area contributed by atoms with E-state index in [1.165, 1.54) is 4.31 Å². The summed E-state index contributed by atoms with van der Waals surface area (Å²) in [5.74, 6) is 0.582. The summed E-state index contributed by atoms with van der Waals surface area (Å²) in [6, 6.07) is 12.0. The SMILES string of the molecule is Cc1ccc(CN(C(=O)CCCN(c2ccc3c(c2)OCO3)S(C)(=O)=O)C(C)C(=O)NC(C)C)cc1. The molecule has 36 heavy (non-hydrogen) atoms. The fraction of sp³-hybridized carbons (Fsp3) is 0.462. The first-order valence-electron chi connectivity index (χ1n) is 12.0. The first kappa shape index (κ1) is 27.3. The number of aryl methyl sites for hydroxylation is 1. The number of fused-ring (bicyclic) bond motifs is 1. The Kier molecular flexibility index (Phi) is 8.84. The summed E-state index contributed by atoms with van der Waals surface area (Å²) in [5.41, 5.74) is 2.46. The second kappa shape index (κ2) is 11.6. The van der Waals surface area contributed by atoms with Gasteiger partial charge in [0.2, 0.25) is 28.6 Å². The zero-order chi connectivity index (χ0) is 26.5. The van der Waals surface area contributed by atoms with E-state index in [0.29, 0.717) is 17.2 Å². The summed E-state index contributed by atoms with van der Waals surface area (Å²) in [6.07, 6.45) is 1.49. The van der Waals surface area contributed by atoms with Gasteiger partial charge < -0.3 is 19.7 Å². The Morgan fingerprint density at radius 2 is 1.69 bits per heavy atom. The lowest BCUT2D eigenvalue weighted by molar-refractivity contribution is -0.140. The number of hydrogen-bond acceptors (Lipinski definition) is 6. The molecule has 1 unspecified atom stereocenters. The normalized spacial score (nSPS) is 13.4. The molecule has 0 radical (unpaired) electrons. The number of benzene rings is 2. The van der Waals surface area contributed by atoms with E-state index in [4.69, 9.17) is 9.47 Å². The number of anilines is 1. The maximum Gasteiger partial charge on any atom is 0.242 e. The van der Waals surface area contributed by atoms with Gasteiger partial charge in [0.05, 0.1) is 11.9 Å². The van der Waals surface area contributed by atoms with Crippen molar-refractivity contribution >= 4 is 27.5 Å². The van der Waals surface area contributed by atoms with E-state index in [0.717, 1.165) is 17.4 Å². The van der Waals surface area contributed by atoms with Gasteiger partial charge in [0.15, 0.2) is 11.5 Å². The lowest BCUT2D eigenvalue weighted by Gasteiger charge is -2.30. The summed E-state index contributed by atoms with van der Waals surface area (Å²) in [6.45, 7) is 7.90. The molecule has 0 spiro atoms. The van der Waals surface area contributed by atoms with Crippen LogP contribution >= 0.6 is 0 Å². The Morgan fingerprint density at radius 1 is 1.03 bits per heavy atom. The zero-order valence-electron chi connectivity index (χ0n) is 21.5. The van der Waals surface area contributed by atoms with Crippen LogP contribution in [0.3, 0.4) is 0 Å². The molecule has 0 aliphatic carbocycles. The van der Waals surface area contributed by atoms with Crippen LogP contribution in [0, 0.1) is 6.92 Å². The Labute approximate surface area is 213 Å². The fourth-order valence-electron chi connectivity index (χ4n) is 3.92. The van der Waals surface area contributed by atoms with Crippen molar-refractivity contribution in [2.45, 2.75) is 59.2 Å². The third-order valence-electron chi connectivity index (χ3n) is 5.87. The van der Waals surface area contributed by atoms with Gasteiger partial charge in [-0.05, 0) is 51.8 Å². The third kappa shape index (κ3) is 7.13. The molecule has 2 amide bonds. The van der Waals surface area contributed by atoms with E-state index in [-0.39, 0.29) is 50.6 Å². The first-order chi connectivity index (χ1) is 17.0. The van der Waals surface area contributed by atoms with E-state index in [9.17, 15) is 18.0 Å². The maximum atomic E-state index is 13.3. The molecule has 3 rings (SSSR count). The number of ether oxygens (including phenoxy) is 2. The van der Waals surface area contributed by atoms with Crippen molar-refractivity contribution in [3.8, 4) is 11.5 Å². The molecular weight excluding hydrogens is 482 g/mol. The average molecular weight is 518 g/mol. The molecular formula is C26H35N3O6S. The third-order valence-corrected chi connectivity index (χ3v) is 7.06. The molecule has 196 valence electrons. The van der Waals surface area contributed by atoms with Crippen LogP contribution in [0.25, 0.3) is 0 Å². The zero-order valence-corrected chi connectivity index (χ0v) is 22.3. The Balaban J connectivity index is 1.72. The Bertz CT molecular complexity index is 1180. The smallest absolute Gasteiger partial charge is 0.242 e. The number of sulfonamides is 1. The highest BCUT2D eigenvalue weighted by atomic mass is 32.2. The molecule has 1 aliphatic rings. The summed E-state index contributed by atoms with van der Waals surface area (Å²) in [7, 11) is -3.60. The average Bonchev–Trinajstić information content (AvgIpc) is 3.27. The maximum absolute atomic E-state index is 13.3. The highest BCUT2D eigenvalue weighted by Gasteiger charge is 2.27. The Morgan fingerprint density at radius 3 is 2.33 bits per heavy atom. The number of nitrogens with one attached hydrogen (secondary N) is 1. The van der Waals surface area contributed by atoms with E-state index in [1.54, 1.807) is 30.0 Å². The highest BCUT2D eigenvalue weighted by molar-refractivity contribution is 7.92. The molecule has 2 aromatic carbocycles. The van der Waals surface area contributed by atoms with E-state index in [1.807, 2.05) is 45.0 Å². The van der Waals surface area contributed by atoms with Gasteiger partial charge in [0, 0.05) is 31.6 Å². The molecule has 1 heterocycles. The van der Waals surface area contributed by atoms with Crippen molar-refractivity contribution < 1.29 is 27.5 Å². The van der Waals surface area contributed by atoms with Gasteiger partial charge in [-0.1, -0.05) is 29.8 Å². The van der Waals surface area contributed by atoms with Crippen LogP contribution in [0.2, 0.25) is 0 Å². The van der Waals surface area contributed by atoms with Gasteiger partial charge in [-0.15, -0.1) is 0 Å². The number of carbonyl (C=O) groups is 2. The lowest BCUT2D eigenvalue weighted by atomic mass is 10.1. The molecule has 1 atom stereocenters. The van der Waals surface area contributed by atoms with Crippen molar-refractivity contribution in [1.29, 1.82) is 0 Å². The minimum atomic E-state index is -3.60. The highest BCUT2D eigenvalue weighted by Crippen LogP contribution is 2.36. The minimum Gasteiger partial charge on any atom is -0.454 e. The van der Waals surface area contributed by atoms with Crippen molar-refractivity contribution in [3.05, 3.63) is 53.6 Å². The minimum absolute atomic E-state index is 0.0544. The standard InChI is InChI=1S/C26H35N3O6S/c1-18(2)27-26(31)20(4)28(16-21-10-8-19(3)9-11-21)25(30)7-6-14-29(36(5,32)33)22-12-13-23-24(15-22)35-17-34-23/h8-13,15,18,20H,6-7,14,16-17H2,1-5H3,(H,27,31). The summed E-state index contributed by atoms with van der Waals surface area (Å²) in [5, 5.41) is 2.87. The van der Waals surface area contributed by atoms with Gasteiger partial charge in [-0.2, -0.15) is 0 Å². The molecule has 0 bridgehead atoms. The molecule has 1 aliphatic heterocycles. The van der Waals surface area contributed by atoms with Crippen molar-refractivity contribution in [2.24, 2.45) is 0 Å². The molecule has 0 saturated heterocycles. The van der Waals surface area contributed by atoms with Gasteiger partial charge in [-0.3, -0.25) is 13.9 Å². The predicted molar refractivity (Wildman–Crippen MR) is 138 cm³/mol. The van der Waals surface area contributed by atoms with Gasteiger partial charge >= 0.3 is 0 Å². The van der Waals surface area contributed by atoms with Crippen LogP contribution in [-0.2, 0) is 26.2 Å². The van der Waals surface area contributed by atoms with Crippen molar-refractivity contribution in [3.63, 3.8) is 0 Å². The number of carbonyl (C=O) groups excluding carboxylic acids is 2. The number of rotatable bonds is 11. The second-order valence-corrected chi connectivity index (χ2v) is 11.2. The number of hydrogen-bond donors (Lipinski definition) is 1. The monoisotopic (exact) mass is 517 g/mol. The largest absolute Gasteiger partial charge is 0.454 e. The topological polar surface area (TPSA) is 105 Å². The summed E-state index contributed by atoms with van der Waals surface area (Å²) < 4.78 is 37.0. The van der Waals surface area contributed by atoms with Crippen LogP contribution in [0.5, 0.6) is 11.5 Å². The van der Waals surface area contributed by atoms with Crippen LogP contribution < -0.4 is 19.1 Å². The number of amides is 2. The van der Waals surface area contributed by atoms with Crippen molar-refractivity contribution in [2.75, 3.05) is 23.9 Å². The van der Waals surface area contributed by atoms with Crippen molar-refractivity contribution in [1.82, 2.24) is 10.2 Å². The van der Waals surface area contributed by atoms with Crippen LogP contribution in [-0.4, -0.2) is 56.8 Å². The van der Waals surface area contributed by atoms with E-state index < -0.39 is 16.1 Å². The van der Waals surface area contributed by atoms with Gasteiger partial charge in [0.25, 0.3) is 0 Å². The lowest BCUT2D eigenvalue weighted by Crippen LogP contribution is -2.49.